The first-order chi connectivity index (χ1) is 12.5. The number of ether oxygens (including phenoxy) is 1. The monoisotopic (exact) mass is 412 g/mol. The van der Waals surface area contributed by atoms with E-state index in [1.54, 1.807) is 0 Å². The first-order valence-electron chi connectivity index (χ1n) is 9.72. The Labute approximate surface area is 167 Å². The maximum absolute atomic E-state index is 12.8. The van der Waals surface area contributed by atoms with Crippen molar-refractivity contribution in [3.8, 4) is 0 Å². The number of carboxylic acids is 1. The summed E-state index contributed by atoms with van der Waals surface area (Å²) in [5, 5.41) is 21.9. The lowest BCUT2D eigenvalue weighted by Gasteiger charge is -2.45. The molecule has 5 nitrogen and oxygen atoms in total. The molecule has 8 atom stereocenters. The Morgan fingerprint density at radius 1 is 1.30 bits per heavy atom. The number of fused-ring (bicyclic) bond motifs is 2. The van der Waals surface area contributed by atoms with Crippen LogP contribution < -0.4 is 0 Å². The molecule has 0 aromatic carbocycles. The molecule has 1 aliphatic heterocycles. The van der Waals surface area contributed by atoms with Gasteiger partial charge in [-0.15, -0.1) is 23.2 Å². The van der Waals surface area contributed by atoms with Crippen molar-refractivity contribution in [1.29, 1.82) is 0 Å². The molecule has 0 amide bonds. The third-order valence-electron chi connectivity index (χ3n) is 9.39. The van der Waals surface area contributed by atoms with Crippen molar-refractivity contribution in [2.45, 2.75) is 61.0 Å². The summed E-state index contributed by atoms with van der Waals surface area (Å²) in [6.07, 6.45) is 6.91. The molecule has 0 aromatic heterocycles. The van der Waals surface area contributed by atoms with E-state index in [1.165, 1.54) is 0 Å². The van der Waals surface area contributed by atoms with Crippen molar-refractivity contribution in [1.82, 2.24) is 0 Å². The summed E-state index contributed by atoms with van der Waals surface area (Å²) < 4.78 is 5.05. The van der Waals surface area contributed by atoms with Gasteiger partial charge in [-0.05, 0) is 44.4 Å². The van der Waals surface area contributed by atoms with E-state index in [2.05, 4.69) is 0 Å². The van der Waals surface area contributed by atoms with Gasteiger partial charge in [0.15, 0.2) is 0 Å². The second-order valence-corrected chi connectivity index (χ2v) is 11.7. The van der Waals surface area contributed by atoms with Crippen LogP contribution in [0.2, 0.25) is 0 Å². The Morgan fingerprint density at radius 3 is 2.63 bits per heavy atom. The summed E-state index contributed by atoms with van der Waals surface area (Å²) in [5.41, 5.74) is -4.03. The van der Waals surface area contributed by atoms with Crippen LogP contribution in [0.15, 0.2) is 12.2 Å². The van der Waals surface area contributed by atoms with Crippen LogP contribution in [-0.2, 0) is 14.3 Å². The van der Waals surface area contributed by atoms with E-state index >= 15 is 0 Å². The zero-order chi connectivity index (χ0) is 19.3. The molecule has 4 saturated carbocycles. The number of hydrogen-bond donors (Lipinski definition) is 2. The van der Waals surface area contributed by atoms with Gasteiger partial charge in [0.05, 0.1) is 16.9 Å². The van der Waals surface area contributed by atoms with E-state index in [9.17, 15) is 19.8 Å². The highest BCUT2D eigenvalue weighted by molar-refractivity contribution is 6.51. The van der Waals surface area contributed by atoms with Gasteiger partial charge < -0.3 is 14.9 Å². The molecule has 0 radical (unpaired) electrons. The second kappa shape index (κ2) is 4.22. The van der Waals surface area contributed by atoms with Crippen molar-refractivity contribution < 1.29 is 24.5 Å². The molecule has 4 bridgehead atoms. The molecule has 146 valence electrons. The summed E-state index contributed by atoms with van der Waals surface area (Å²) in [6, 6.07) is 0. The SMILES string of the molecule is C[C@@]12C=CC[C@@]3(OC1=O)[C@@H]1CC[C@]4(O)C[C@]1(C[C@]41CC1(Cl)Cl)[C@@H](C(=O)O)[C@@H]32. The van der Waals surface area contributed by atoms with Crippen molar-refractivity contribution in [2.75, 3.05) is 0 Å². The van der Waals surface area contributed by atoms with Crippen LogP contribution >= 0.6 is 23.2 Å². The van der Waals surface area contributed by atoms with E-state index < -0.39 is 49.6 Å². The molecule has 6 aliphatic rings. The molecule has 1 heterocycles. The van der Waals surface area contributed by atoms with E-state index in [4.69, 9.17) is 27.9 Å². The Kier molecular flexibility index (Phi) is 2.67. The zero-order valence-corrected chi connectivity index (χ0v) is 16.5. The highest BCUT2D eigenvalue weighted by atomic mass is 35.5. The minimum absolute atomic E-state index is 0.0868. The number of carbonyl (C=O) groups excluding carboxylic acids is 1. The lowest BCUT2D eigenvalue weighted by atomic mass is 9.62. The lowest BCUT2D eigenvalue weighted by Crippen LogP contribution is -2.48. The van der Waals surface area contributed by atoms with Gasteiger partial charge in [0.2, 0.25) is 0 Å². The largest absolute Gasteiger partial charge is 0.481 e. The predicted molar refractivity (Wildman–Crippen MR) is 96.1 cm³/mol. The van der Waals surface area contributed by atoms with Crippen LogP contribution in [0.1, 0.15) is 45.4 Å². The van der Waals surface area contributed by atoms with Gasteiger partial charge in [-0.1, -0.05) is 12.2 Å². The standard InChI is InChI=1S/C20H22Cl2O5/c1-15-4-2-5-19(27-14(15)25)10-3-6-18(26)8-16(10,11(12(15)19)13(23)24)7-17(18)9-20(17,21)22/h2,4,10-12,26H,3,5-9H2,1H3,(H,23,24)/t10-,11-,12-,15+,16+,17+,18+,19-/m1/s1. The fourth-order valence-corrected chi connectivity index (χ4v) is 9.48. The zero-order valence-electron chi connectivity index (χ0n) is 15.0. The Morgan fingerprint density at radius 2 is 2.00 bits per heavy atom. The van der Waals surface area contributed by atoms with Gasteiger partial charge >= 0.3 is 11.9 Å². The number of esters is 1. The summed E-state index contributed by atoms with van der Waals surface area (Å²) in [7, 11) is 0. The van der Waals surface area contributed by atoms with Gasteiger partial charge in [-0.2, -0.15) is 0 Å². The third kappa shape index (κ3) is 1.47. The Hall–Kier alpha value is -0.780. The molecular formula is C20H22Cl2O5. The van der Waals surface area contributed by atoms with Gasteiger partial charge in [-0.25, -0.2) is 0 Å². The molecule has 5 aliphatic carbocycles. The van der Waals surface area contributed by atoms with E-state index in [1.807, 2.05) is 19.1 Å². The minimum atomic E-state index is -1.04. The first-order valence-corrected chi connectivity index (χ1v) is 10.5. The molecule has 2 spiro atoms. The van der Waals surface area contributed by atoms with E-state index in [0.717, 1.165) is 0 Å². The van der Waals surface area contributed by atoms with E-state index in [-0.39, 0.29) is 11.9 Å². The first kappa shape index (κ1) is 17.1. The highest BCUT2D eigenvalue weighted by Crippen LogP contribution is 2.87. The molecule has 6 rings (SSSR count). The van der Waals surface area contributed by atoms with Crippen molar-refractivity contribution in [3.05, 3.63) is 12.2 Å². The summed E-state index contributed by atoms with van der Waals surface area (Å²) in [4.78, 5) is 25.4. The summed E-state index contributed by atoms with van der Waals surface area (Å²) >= 11 is 13.0. The fraction of sp³-hybridized carbons (Fsp3) is 0.800. The Balaban J connectivity index is 1.58. The number of rotatable bonds is 1. The van der Waals surface area contributed by atoms with Gasteiger partial charge in [-0.3, -0.25) is 9.59 Å². The van der Waals surface area contributed by atoms with Crippen LogP contribution in [0.5, 0.6) is 0 Å². The van der Waals surface area contributed by atoms with Crippen LogP contribution in [0, 0.1) is 34.0 Å². The molecule has 7 heteroatoms. The maximum atomic E-state index is 12.8. The number of halogens is 2. The molecule has 0 aromatic rings. The number of aliphatic hydroxyl groups is 1. The van der Waals surface area contributed by atoms with Crippen LogP contribution in [0.25, 0.3) is 0 Å². The number of alkyl halides is 2. The summed E-state index contributed by atoms with van der Waals surface area (Å²) in [6.45, 7) is 1.81. The summed E-state index contributed by atoms with van der Waals surface area (Å²) in [5.74, 6) is -2.47. The second-order valence-electron chi connectivity index (χ2n) is 10.2. The maximum Gasteiger partial charge on any atom is 0.316 e. The topological polar surface area (TPSA) is 83.8 Å². The quantitative estimate of drug-likeness (QED) is 0.392. The van der Waals surface area contributed by atoms with Crippen molar-refractivity contribution in [2.24, 2.45) is 34.0 Å². The van der Waals surface area contributed by atoms with Crippen LogP contribution in [0.3, 0.4) is 0 Å². The van der Waals surface area contributed by atoms with Crippen LogP contribution in [0.4, 0.5) is 0 Å². The van der Waals surface area contributed by atoms with Crippen molar-refractivity contribution >= 4 is 35.1 Å². The lowest BCUT2D eigenvalue weighted by molar-refractivity contribution is -0.162. The molecule has 27 heavy (non-hydrogen) atoms. The molecule has 1 saturated heterocycles. The Bertz CT molecular complexity index is 855. The number of carboxylic acid groups (broad SMARTS) is 1. The number of carbonyl (C=O) groups is 2. The van der Waals surface area contributed by atoms with Crippen molar-refractivity contribution in [3.63, 3.8) is 0 Å². The molecule has 0 unspecified atom stereocenters. The van der Waals surface area contributed by atoms with Gasteiger partial charge in [0.1, 0.15) is 9.93 Å². The molecule has 2 N–H and O–H groups in total. The normalized spacial score (nSPS) is 60.9. The third-order valence-corrected chi connectivity index (χ3v) is 10.4. The van der Waals surface area contributed by atoms with Crippen LogP contribution in [-0.4, -0.2) is 37.7 Å². The molecule has 5 fully saturated rings. The minimum Gasteiger partial charge on any atom is -0.481 e. The van der Waals surface area contributed by atoms with Gasteiger partial charge in [0, 0.05) is 23.7 Å². The highest BCUT2D eigenvalue weighted by Gasteiger charge is 2.89. The fourth-order valence-electron chi connectivity index (χ4n) is 8.53. The van der Waals surface area contributed by atoms with Gasteiger partial charge in [0.25, 0.3) is 0 Å². The predicted octanol–water partition coefficient (Wildman–Crippen LogP) is 3.06. The number of aliphatic carboxylic acids is 1. The smallest absolute Gasteiger partial charge is 0.316 e. The average molecular weight is 413 g/mol. The molecular weight excluding hydrogens is 391 g/mol. The average Bonchev–Trinajstić information content (AvgIpc) is 2.87. The van der Waals surface area contributed by atoms with E-state index in [0.29, 0.717) is 38.5 Å². The number of hydrogen-bond acceptors (Lipinski definition) is 4.